The SMILES string of the molecule is Cc1c(C(=O)N2CCCCC2CN)cnn1-c1ccccc1F.Cl. The monoisotopic (exact) mass is 352 g/mol. The van der Waals surface area contributed by atoms with Crippen LogP contribution in [0, 0.1) is 12.7 Å². The van der Waals surface area contributed by atoms with E-state index < -0.39 is 0 Å². The van der Waals surface area contributed by atoms with Gasteiger partial charge in [0.15, 0.2) is 0 Å². The largest absolute Gasteiger partial charge is 0.334 e. The first-order valence-corrected chi connectivity index (χ1v) is 7.94. The van der Waals surface area contributed by atoms with Gasteiger partial charge in [-0.2, -0.15) is 5.10 Å². The van der Waals surface area contributed by atoms with E-state index in [4.69, 9.17) is 5.73 Å². The van der Waals surface area contributed by atoms with Crippen molar-refractivity contribution in [2.24, 2.45) is 5.73 Å². The topological polar surface area (TPSA) is 64.2 Å². The smallest absolute Gasteiger partial charge is 0.257 e. The van der Waals surface area contributed by atoms with Gasteiger partial charge in [0.25, 0.3) is 5.91 Å². The Kier molecular flexibility index (Phi) is 5.96. The molecule has 0 bridgehead atoms. The number of halogens is 2. The number of likely N-dealkylation sites (tertiary alicyclic amines) is 1. The van der Waals surface area contributed by atoms with E-state index in [1.54, 1.807) is 25.1 Å². The van der Waals surface area contributed by atoms with Gasteiger partial charge in [-0.3, -0.25) is 4.79 Å². The Morgan fingerprint density at radius 1 is 1.38 bits per heavy atom. The van der Waals surface area contributed by atoms with E-state index in [2.05, 4.69) is 5.10 Å². The molecule has 2 aromatic rings. The molecular weight excluding hydrogens is 331 g/mol. The number of para-hydroxylation sites is 1. The van der Waals surface area contributed by atoms with Gasteiger partial charge in [-0.1, -0.05) is 12.1 Å². The summed E-state index contributed by atoms with van der Waals surface area (Å²) in [5.74, 6) is -0.434. The van der Waals surface area contributed by atoms with E-state index in [1.807, 2.05) is 4.90 Å². The molecule has 1 saturated heterocycles. The van der Waals surface area contributed by atoms with Crippen molar-refractivity contribution in [1.82, 2.24) is 14.7 Å². The van der Waals surface area contributed by atoms with Gasteiger partial charge in [-0.25, -0.2) is 9.07 Å². The molecule has 2 heterocycles. The van der Waals surface area contributed by atoms with Gasteiger partial charge in [-0.15, -0.1) is 12.4 Å². The first kappa shape index (κ1) is 18.4. The van der Waals surface area contributed by atoms with Gasteiger partial charge in [-0.05, 0) is 38.3 Å². The van der Waals surface area contributed by atoms with Crippen LogP contribution in [-0.4, -0.2) is 39.7 Å². The summed E-state index contributed by atoms with van der Waals surface area (Å²) in [7, 11) is 0. The number of rotatable bonds is 3. The minimum Gasteiger partial charge on any atom is -0.334 e. The third-order valence-corrected chi connectivity index (χ3v) is 4.48. The molecule has 1 aromatic carbocycles. The van der Waals surface area contributed by atoms with Crippen LogP contribution >= 0.6 is 12.4 Å². The van der Waals surface area contributed by atoms with E-state index in [0.717, 1.165) is 19.3 Å². The van der Waals surface area contributed by atoms with Gasteiger partial charge in [0, 0.05) is 19.1 Å². The first-order valence-electron chi connectivity index (χ1n) is 7.94. The Balaban J connectivity index is 0.00000208. The third-order valence-electron chi connectivity index (χ3n) is 4.48. The summed E-state index contributed by atoms with van der Waals surface area (Å²) in [6, 6.07) is 6.48. The summed E-state index contributed by atoms with van der Waals surface area (Å²) in [6.07, 6.45) is 4.54. The number of aromatic nitrogens is 2. The van der Waals surface area contributed by atoms with Gasteiger partial charge in [0.1, 0.15) is 11.5 Å². The molecule has 1 aliphatic rings. The molecular formula is C17H22ClFN4O. The zero-order valence-corrected chi connectivity index (χ0v) is 14.4. The lowest BCUT2D eigenvalue weighted by Crippen LogP contribution is -2.47. The summed E-state index contributed by atoms with van der Waals surface area (Å²) in [6.45, 7) is 2.96. The minimum atomic E-state index is -0.365. The lowest BCUT2D eigenvalue weighted by molar-refractivity contribution is 0.0622. The van der Waals surface area contributed by atoms with Crippen LogP contribution in [0.2, 0.25) is 0 Å². The lowest BCUT2D eigenvalue weighted by Gasteiger charge is -2.35. The molecule has 0 spiro atoms. The highest BCUT2D eigenvalue weighted by atomic mass is 35.5. The Labute approximate surface area is 147 Å². The number of hydrogen-bond donors (Lipinski definition) is 1. The average molecular weight is 353 g/mol. The second-order valence-corrected chi connectivity index (χ2v) is 5.89. The molecule has 1 atom stereocenters. The molecule has 24 heavy (non-hydrogen) atoms. The highest BCUT2D eigenvalue weighted by Crippen LogP contribution is 2.22. The summed E-state index contributed by atoms with van der Waals surface area (Å²) < 4.78 is 15.4. The van der Waals surface area contributed by atoms with E-state index in [-0.39, 0.29) is 30.2 Å². The van der Waals surface area contributed by atoms with Crippen LogP contribution in [-0.2, 0) is 0 Å². The minimum absolute atomic E-state index is 0. The molecule has 1 fully saturated rings. The first-order chi connectivity index (χ1) is 11.1. The molecule has 0 aliphatic carbocycles. The van der Waals surface area contributed by atoms with Crippen LogP contribution in [0.1, 0.15) is 35.3 Å². The maximum Gasteiger partial charge on any atom is 0.257 e. The van der Waals surface area contributed by atoms with Crippen LogP contribution in [0.5, 0.6) is 0 Å². The third kappa shape index (κ3) is 3.30. The van der Waals surface area contributed by atoms with Crippen LogP contribution in [0.25, 0.3) is 5.69 Å². The number of amides is 1. The van der Waals surface area contributed by atoms with Crippen LogP contribution in [0.4, 0.5) is 4.39 Å². The number of hydrogen-bond acceptors (Lipinski definition) is 3. The molecule has 0 saturated carbocycles. The van der Waals surface area contributed by atoms with Crippen molar-refractivity contribution in [1.29, 1.82) is 0 Å². The summed E-state index contributed by atoms with van der Waals surface area (Å²) in [5.41, 5.74) is 7.29. The van der Waals surface area contributed by atoms with Crippen molar-refractivity contribution in [3.63, 3.8) is 0 Å². The lowest BCUT2D eigenvalue weighted by atomic mass is 10.0. The summed E-state index contributed by atoms with van der Waals surface area (Å²) >= 11 is 0. The van der Waals surface area contributed by atoms with E-state index in [9.17, 15) is 9.18 Å². The zero-order valence-electron chi connectivity index (χ0n) is 13.6. The average Bonchev–Trinajstić information content (AvgIpc) is 2.96. The summed E-state index contributed by atoms with van der Waals surface area (Å²) in [5, 5.41) is 4.21. The van der Waals surface area contributed by atoms with Gasteiger partial charge < -0.3 is 10.6 Å². The fourth-order valence-corrected chi connectivity index (χ4v) is 3.15. The molecule has 1 aliphatic heterocycles. The molecule has 1 aromatic heterocycles. The van der Waals surface area contributed by atoms with Crippen molar-refractivity contribution in [2.45, 2.75) is 32.2 Å². The fraction of sp³-hybridized carbons (Fsp3) is 0.412. The number of nitrogens with two attached hydrogens (primary N) is 1. The Bertz CT molecular complexity index is 718. The highest BCUT2D eigenvalue weighted by Gasteiger charge is 2.28. The fourth-order valence-electron chi connectivity index (χ4n) is 3.15. The molecule has 1 unspecified atom stereocenters. The standard InChI is InChI=1S/C17H21FN4O.ClH/c1-12-14(17(23)21-9-5-4-6-13(21)10-19)11-20-22(12)16-8-3-2-7-15(16)18;/h2-3,7-8,11,13H,4-6,9-10,19H2,1H3;1H. The van der Waals surface area contributed by atoms with E-state index >= 15 is 0 Å². The van der Waals surface area contributed by atoms with Gasteiger partial charge in [0.2, 0.25) is 0 Å². The van der Waals surface area contributed by atoms with Crippen molar-refractivity contribution in [3.05, 3.63) is 47.5 Å². The van der Waals surface area contributed by atoms with Crippen molar-refractivity contribution >= 4 is 18.3 Å². The van der Waals surface area contributed by atoms with Crippen LogP contribution < -0.4 is 5.73 Å². The number of benzene rings is 1. The second kappa shape index (κ2) is 7.77. The Morgan fingerprint density at radius 3 is 2.83 bits per heavy atom. The predicted octanol–water partition coefficient (Wildman–Crippen LogP) is 2.70. The van der Waals surface area contributed by atoms with Crippen molar-refractivity contribution in [3.8, 4) is 5.69 Å². The number of carbonyl (C=O) groups is 1. The quantitative estimate of drug-likeness (QED) is 0.923. The van der Waals surface area contributed by atoms with Gasteiger partial charge >= 0.3 is 0 Å². The van der Waals surface area contributed by atoms with Crippen molar-refractivity contribution < 1.29 is 9.18 Å². The molecule has 2 N–H and O–H groups in total. The highest BCUT2D eigenvalue weighted by molar-refractivity contribution is 5.95. The normalized spacial score (nSPS) is 17.5. The van der Waals surface area contributed by atoms with Crippen LogP contribution in [0.3, 0.4) is 0 Å². The van der Waals surface area contributed by atoms with E-state index in [0.29, 0.717) is 30.0 Å². The predicted molar refractivity (Wildman–Crippen MR) is 93.2 cm³/mol. The molecule has 1 amide bonds. The molecule has 130 valence electrons. The summed E-state index contributed by atoms with van der Waals surface area (Å²) in [4.78, 5) is 14.7. The second-order valence-electron chi connectivity index (χ2n) is 5.89. The molecule has 5 nitrogen and oxygen atoms in total. The maximum absolute atomic E-state index is 14.0. The van der Waals surface area contributed by atoms with Crippen LogP contribution in [0.15, 0.2) is 30.5 Å². The molecule has 0 radical (unpaired) electrons. The maximum atomic E-state index is 14.0. The molecule has 3 rings (SSSR count). The van der Waals surface area contributed by atoms with Crippen molar-refractivity contribution in [2.75, 3.05) is 13.1 Å². The molecule has 7 heteroatoms. The Hall–Kier alpha value is -1.92. The zero-order chi connectivity index (χ0) is 16.4. The Morgan fingerprint density at radius 2 is 2.12 bits per heavy atom. The number of nitrogens with zero attached hydrogens (tertiary/aromatic N) is 3. The number of carbonyl (C=O) groups excluding carboxylic acids is 1. The van der Waals surface area contributed by atoms with E-state index in [1.165, 1.54) is 16.9 Å². The number of piperidine rings is 1. The van der Waals surface area contributed by atoms with Gasteiger partial charge in [0.05, 0.1) is 17.5 Å².